The lowest BCUT2D eigenvalue weighted by molar-refractivity contribution is 0.0600. The van der Waals surface area contributed by atoms with E-state index >= 15 is 0 Å². The number of hydrogen-bond donors (Lipinski definition) is 2. The first-order chi connectivity index (χ1) is 15.0. The number of nitrogens with one attached hydrogen (secondary N) is 2. The van der Waals surface area contributed by atoms with Gasteiger partial charge in [-0.2, -0.15) is 0 Å². The average molecular weight is 433 g/mol. The van der Waals surface area contributed by atoms with Crippen LogP contribution in [-0.4, -0.2) is 31.4 Å². The summed E-state index contributed by atoms with van der Waals surface area (Å²) >= 11 is 1.50. The fourth-order valence-electron chi connectivity index (χ4n) is 3.26. The van der Waals surface area contributed by atoms with Crippen molar-refractivity contribution in [3.8, 4) is 0 Å². The van der Waals surface area contributed by atoms with E-state index in [0.29, 0.717) is 35.3 Å². The molecule has 156 valence electrons. The lowest BCUT2D eigenvalue weighted by Crippen LogP contribution is -2.25. The summed E-state index contributed by atoms with van der Waals surface area (Å²) < 4.78 is 4.69. The second-order valence-corrected chi connectivity index (χ2v) is 8.04. The summed E-state index contributed by atoms with van der Waals surface area (Å²) in [7, 11) is 1.34. The van der Waals surface area contributed by atoms with Gasteiger partial charge in [0.05, 0.1) is 23.9 Å². The van der Waals surface area contributed by atoms with Crippen molar-refractivity contribution in [2.24, 2.45) is 0 Å². The highest BCUT2D eigenvalue weighted by atomic mass is 32.2. The number of carbonyl (C=O) groups excluding carboxylic acids is 3. The van der Waals surface area contributed by atoms with Crippen LogP contribution in [0.25, 0.3) is 0 Å². The fourth-order valence-corrected chi connectivity index (χ4v) is 4.27. The van der Waals surface area contributed by atoms with Crippen molar-refractivity contribution in [1.82, 2.24) is 5.32 Å². The Bertz CT molecular complexity index is 1160. The first-order valence-electron chi connectivity index (χ1n) is 9.73. The molecule has 1 aliphatic heterocycles. The second-order valence-electron chi connectivity index (χ2n) is 6.96. The molecule has 4 rings (SSSR count). The van der Waals surface area contributed by atoms with Gasteiger partial charge in [-0.05, 0) is 54.4 Å². The van der Waals surface area contributed by atoms with Crippen LogP contribution in [0.3, 0.4) is 0 Å². The van der Waals surface area contributed by atoms with Crippen molar-refractivity contribution in [3.63, 3.8) is 0 Å². The molecule has 0 unspecified atom stereocenters. The van der Waals surface area contributed by atoms with Crippen LogP contribution in [0.2, 0.25) is 0 Å². The van der Waals surface area contributed by atoms with E-state index in [2.05, 4.69) is 15.4 Å². The predicted molar refractivity (Wildman–Crippen MR) is 119 cm³/mol. The quantitative estimate of drug-likeness (QED) is 0.592. The lowest BCUT2D eigenvalue weighted by atomic mass is 10.1. The Labute approximate surface area is 184 Å². The molecule has 31 heavy (non-hydrogen) atoms. The zero-order valence-corrected chi connectivity index (χ0v) is 17.6. The Morgan fingerprint density at radius 1 is 0.968 bits per heavy atom. The minimum Gasteiger partial charge on any atom is -0.465 e. The van der Waals surface area contributed by atoms with Gasteiger partial charge >= 0.3 is 5.97 Å². The summed E-state index contributed by atoms with van der Waals surface area (Å²) in [5, 5.41) is 5.79. The molecule has 2 amide bonds. The molecular weight excluding hydrogens is 412 g/mol. The molecular formula is C24H20N2O4S. The minimum absolute atomic E-state index is 0.185. The predicted octanol–water partition coefficient (Wildman–Crippen LogP) is 4.16. The number of carbonyl (C=O) groups is 3. The number of hydrogen-bond acceptors (Lipinski definition) is 5. The van der Waals surface area contributed by atoms with Crippen LogP contribution in [0.1, 0.15) is 36.6 Å². The molecule has 0 saturated carbocycles. The van der Waals surface area contributed by atoms with Crippen LogP contribution in [0.5, 0.6) is 0 Å². The Morgan fingerprint density at radius 3 is 2.48 bits per heavy atom. The van der Waals surface area contributed by atoms with Gasteiger partial charge in [-0.3, -0.25) is 9.59 Å². The zero-order valence-electron chi connectivity index (χ0n) is 16.8. The fraction of sp³-hybridized carbons (Fsp3) is 0.125. The first-order valence-corrected chi connectivity index (χ1v) is 10.5. The summed E-state index contributed by atoms with van der Waals surface area (Å²) in [6.45, 7) is 0.444. The molecule has 1 aliphatic rings. The molecule has 0 fully saturated rings. The molecule has 7 heteroatoms. The SMILES string of the molecule is COC(=O)c1ccc(CCNC(=O)c2ccc3c(c2)NC(=O)c2ccccc2S3)cc1. The van der Waals surface area contributed by atoms with E-state index in [1.54, 1.807) is 30.3 Å². The second kappa shape index (κ2) is 9.06. The van der Waals surface area contributed by atoms with Crippen LogP contribution < -0.4 is 10.6 Å². The van der Waals surface area contributed by atoms with Gasteiger partial charge in [-0.1, -0.05) is 36.0 Å². The van der Waals surface area contributed by atoms with E-state index in [1.807, 2.05) is 36.4 Å². The Kier molecular flexibility index (Phi) is 6.04. The van der Waals surface area contributed by atoms with Gasteiger partial charge in [0.1, 0.15) is 0 Å². The van der Waals surface area contributed by atoms with Gasteiger partial charge in [-0.15, -0.1) is 0 Å². The van der Waals surface area contributed by atoms with Crippen molar-refractivity contribution in [3.05, 3.63) is 89.0 Å². The van der Waals surface area contributed by atoms with E-state index in [4.69, 9.17) is 0 Å². The third kappa shape index (κ3) is 4.62. The van der Waals surface area contributed by atoms with Gasteiger partial charge in [0.25, 0.3) is 11.8 Å². The highest BCUT2D eigenvalue weighted by Crippen LogP contribution is 2.38. The van der Waals surface area contributed by atoms with Crippen molar-refractivity contribution in [2.75, 3.05) is 19.0 Å². The van der Waals surface area contributed by atoms with Crippen molar-refractivity contribution in [1.29, 1.82) is 0 Å². The van der Waals surface area contributed by atoms with Crippen molar-refractivity contribution < 1.29 is 19.1 Å². The number of methoxy groups -OCH3 is 1. The number of rotatable bonds is 5. The third-order valence-corrected chi connectivity index (χ3v) is 6.07. The average Bonchev–Trinajstić information content (AvgIpc) is 2.94. The number of amides is 2. The maximum atomic E-state index is 12.6. The van der Waals surface area contributed by atoms with Gasteiger partial charge < -0.3 is 15.4 Å². The lowest BCUT2D eigenvalue weighted by Gasteiger charge is -2.10. The molecule has 0 aliphatic carbocycles. The van der Waals surface area contributed by atoms with E-state index < -0.39 is 0 Å². The first kappa shape index (κ1) is 20.7. The number of anilines is 1. The summed E-state index contributed by atoms with van der Waals surface area (Å²) in [6, 6.07) is 19.8. The highest BCUT2D eigenvalue weighted by Gasteiger charge is 2.20. The standard InChI is InChI=1S/C24H20N2O4S/c1-30-24(29)16-8-6-15(7-9-16)12-13-25-22(27)17-10-11-21-19(14-17)26-23(28)18-4-2-3-5-20(18)31-21/h2-11,14H,12-13H2,1H3,(H,25,27)(H,26,28). The van der Waals surface area contributed by atoms with E-state index in [9.17, 15) is 14.4 Å². The molecule has 1 heterocycles. The van der Waals surface area contributed by atoms with Crippen molar-refractivity contribution >= 4 is 35.2 Å². The zero-order chi connectivity index (χ0) is 21.8. The molecule has 0 saturated heterocycles. The van der Waals surface area contributed by atoms with Crippen molar-refractivity contribution in [2.45, 2.75) is 16.2 Å². The third-order valence-electron chi connectivity index (χ3n) is 4.92. The topological polar surface area (TPSA) is 84.5 Å². The Hall–Kier alpha value is -3.58. The van der Waals surface area contributed by atoms with Crippen LogP contribution in [0.15, 0.2) is 76.5 Å². The number of fused-ring (bicyclic) bond motifs is 2. The Balaban J connectivity index is 1.39. The maximum Gasteiger partial charge on any atom is 0.337 e. The van der Waals surface area contributed by atoms with Crippen LogP contribution in [0.4, 0.5) is 5.69 Å². The Morgan fingerprint density at radius 2 is 1.71 bits per heavy atom. The van der Waals surface area contributed by atoms with Gasteiger partial charge in [0.2, 0.25) is 0 Å². The molecule has 3 aromatic carbocycles. The van der Waals surface area contributed by atoms with Gasteiger partial charge in [0, 0.05) is 21.9 Å². The van der Waals surface area contributed by atoms with Gasteiger partial charge in [0.15, 0.2) is 0 Å². The van der Waals surface area contributed by atoms with Crippen LogP contribution in [-0.2, 0) is 11.2 Å². The summed E-state index contributed by atoms with van der Waals surface area (Å²) in [5.41, 5.74) is 3.20. The summed E-state index contributed by atoms with van der Waals surface area (Å²) in [6.07, 6.45) is 0.625. The highest BCUT2D eigenvalue weighted by molar-refractivity contribution is 7.99. The molecule has 2 N–H and O–H groups in total. The normalized spacial score (nSPS) is 12.1. The molecule has 6 nitrogen and oxygen atoms in total. The molecule has 3 aromatic rings. The number of ether oxygens (including phenoxy) is 1. The van der Waals surface area contributed by atoms with Crippen LogP contribution in [0, 0.1) is 0 Å². The molecule has 0 bridgehead atoms. The molecule has 0 radical (unpaired) electrons. The molecule has 0 aromatic heterocycles. The number of esters is 1. The monoisotopic (exact) mass is 432 g/mol. The minimum atomic E-state index is -0.378. The van der Waals surface area contributed by atoms with E-state index in [-0.39, 0.29) is 17.8 Å². The van der Waals surface area contributed by atoms with E-state index in [0.717, 1.165) is 15.4 Å². The molecule has 0 atom stereocenters. The smallest absolute Gasteiger partial charge is 0.337 e. The van der Waals surface area contributed by atoms with Crippen LogP contribution >= 0.6 is 11.8 Å². The maximum absolute atomic E-state index is 12.6. The largest absolute Gasteiger partial charge is 0.465 e. The molecule has 0 spiro atoms. The van der Waals surface area contributed by atoms with E-state index in [1.165, 1.54) is 18.9 Å². The summed E-state index contributed by atoms with van der Waals surface area (Å²) in [4.78, 5) is 38.4. The number of benzene rings is 3. The van der Waals surface area contributed by atoms with Gasteiger partial charge in [-0.25, -0.2) is 4.79 Å². The summed E-state index contributed by atoms with van der Waals surface area (Å²) in [5.74, 6) is -0.777.